The number of rotatable bonds is 6. The van der Waals surface area contributed by atoms with Gasteiger partial charge in [-0.3, -0.25) is 14.5 Å². The Morgan fingerprint density at radius 2 is 1.81 bits per heavy atom. The molecule has 4 aromatic rings. The van der Waals surface area contributed by atoms with Gasteiger partial charge in [0.2, 0.25) is 5.91 Å². The molecule has 0 radical (unpaired) electrons. The van der Waals surface area contributed by atoms with E-state index >= 15 is 0 Å². The number of ether oxygens (including phenoxy) is 1. The standard InChI is InChI=1S/C27H30N4O4S/c1-17-13-18(14-26(32)29-25-16-24(27(2,3)4)31(5)30-25)7-10-22(17)35-23-11-12-28-21-9-8-19(15-20(21)23)36(6,33)34/h7-13,15-16H,14H2,1-6H3,(H,29,30,32). The lowest BCUT2D eigenvalue weighted by molar-refractivity contribution is -0.115. The zero-order valence-electron chi connectivity index (χ0n) is 21.3. The number of anilines is 1. The first-order valence-corrected chi connectivity index (χ1v) is 13.4. The Morgan fingerprint density at radius 1 is 1.06 bits per heavy atom. The predicted octanol–water partition coefficient (Wildman–Crippen LogP) is 4.95. The third-order valence-corrected chi connectivity index (χ3v) is 6.95. The van der Waals surface area contributed by atoms with Gasteiger partial charge >= 0.3 is 0 Å². The quantitative estimate of drug-likeness (QED) is 0.397. The summed E-state index contributed by atoms with van der Waals surface area (Å²) in [5.41, 5.74) is 3.27. The molecule has 2 heterocycles. The molecular weight excluding hydrogens is 476 g/mol. The van der Waals surface area contributed by atoms with Crippen molar-refractivity contribution in [1.29, 1.82) is 0 Å². The SMILES string of the molecule is Cc1cc(CC(=O)Nc2cc(C(C)(C)C)n(C)n2)ccc1Oc1ccnc2ccc(S(C)(=O)=O)cc12. The number of carbonyl (C=O) groups is 1. The minimum Gasteiger partial charge on any atom is -0.456 e. The lowest BCUT2D eigenvalue weighted by Gasteiger charge is -2.17. The highest BCUT2D eigenvalue weighted by Crippen LogP contribution is 2.32. The summed E-state index contributed by atoms with van der Waals surface area (Å²) in [6.07, 6.45) is 2.98. The largest absolute Gasteiger partial charge is 0.456 e. The number of pyridine rings is 1. The van der Waals surface area contributed by atoms with Crippen LogP contribution in [-0.4, -0.2) is 35.3 Å². The second-order valence-electron chi connectivity index (χ2n) is 9.98. The number of hydrogen-bond donors (Lipinski definition) is 1. The molecule has 1 N–H and O–H groups in total. The van der Waals surface area contributed by atoms with E-state index in [0.29, 0.717) is 28.2 Å². The number of sulfone groups is 1. The van der Waals surface area contributed by atoms with Crippen LogP contribution >= 0.6 is 0 Å². The van der Waals surface area contributed by atoms with E-state index in [0.717, 1.165) is 16.8 Å². The van der Waals surface area contributed by atoms with Gasteiger partial charge in [0, 0.05) is 42.1 Å². The van der Waals surface area contributed by atoms with Crippen molar-refractivity contribution in [2.24, 2.45) is 7.05 Å². The summed E-state index contributed by atoms with van der Waals surface area (Å²) in [4.78, 5) is 17.2. The Bertz CT molecular complexity index is 1570. The fourth-order valence-electron chi connectivity index (χ4n) is 4.08. The van der Waals surface area contributed by atoms with Gasteiger partial charge in [0.15, 0.2) is 15.7 Å². The molecule has 2 aromatic heterocycles. The monoisotopic (exact) mass is 506 g/mol. The maximum absolute atomic E-state index is 12.7. The molecule has 0 atom stereocenters. The number of aryl methyl sites for hydroxylation is 2. The molecule has 0 bridgehead atoms. The minimum atomic E-state index is -3.37. The molecule has 0 aliphatic carbocycles. The van der Waals surface area contributed by atoms with Gasteiger partial charge in [0.05, 0.1) is 16.8 Å². The lowest BCUT2D eigenvalue weighted by Crippen LogP contribution is -2.16. The predicted molar refractivity (Wildman–Crippen MR) is 140 cm³/mol. The van der Waals surface area contributed by atoms with Crippen molar-refractivity contribution < 1.29 is 17.9 Å². The van der Waals surface area contributed by atoms with E-state index in [9.17, 15) is 13.2 Å². The summed E-state index contributed by atoms with van der Waals surface area (Å²) in [6.45, 7) is 8.20. The van der Waals surface area contributed by atoms with Crippen LogP contribution < -0.4 is 10.1 Å². The van der Waals surface area contributed by atoms with Crippen LogP contribution in [0.2, 0.25) is 0 Å². The van der Waals surface area contributed by atoms with Crippen molar-refractivity contribution in [3.05, 3.63) is 71.5 Å². The first kappa shape index (κ1) is 25.4. The molecule has 1 amide bonds. The number of aromatic nitrogens is 3. The van der Waals surface area contributed by atoms with Gasteiger partial charge in [-0.1, -0.05) is 32.9 Å². The topological polar surface area (TPSA) is 103 Å². The van der Waals surface area contributed by atoms with Gasteiger partial charge < -0.3 is 10.1 Å². The number of fused-ring (bicyclic) bond motifs is 1. The first-order valence-electron chi connectivity index (χ1n) is 11.5. The van der Waals surface area contributed by atoms with Crippen molar-refractivity contribution in [3.8, 4) is 11.5 Å². The summed E-state index contributed by atoms with van der Waals surface area (Å²) >= 11 is 0. The van der Waals surface area contributed by atoms with Crippen molar-refractivity contribution in [2.45, 2.75) is 44.4 Å². The number of nitrogens with one attached hydrogen (secondary N) is 1. The molecule has 4 rings (SSSR count). The maximum atomic E-state index is 12.7. The molecule has 0 saturated heterocycles. The van der Waals surface area contributed by atoms with Crippen LogP contribution in [0, 0.1) is 6.92 Å². The van der Waals surface area contributed by atoms with Crippen LogP contribution in [0.5, 0.6) is 11.5 Å². The van der Waals surface area contributed by atoms with Crippen LogP contribution in [0.4, 0.5) is 5.82 Å². The minimum absolute atomic E-state index is 0.0792. The smallest absolute Gasteiger partial charge is 0.229 e. The number of hydrogen-bond acceptors (Lipinski definition) is 6. The normalized spacial score (nSPS) is 12.1. The second-order valence-corrected chi connectivity index (χ2v) is 12.0. The van der Waals surface area contributed by atoms with Crippen LogP contribution in [0.3, 0.4) is 0 Å². The Balaban J connectivity index is 1.51. The van der Waals surface area contributed by atoms with Crippen LogP contribution in [0.1, 0.15) is 37.6 Å². The van der Waals surface area contributed by atoms with Crippen LogP contribution in [-0.2, 0) is 33.5 Å². The molecule has 0 unspecified atom stereocenters. The zero-order chi connectivity index (χ0) is 26.3. The average molecular weight is 507 g/mol. The molecule has 2 aromatic carbocycles. The highest BCUT2D eigenvalue weighted by Gasteiger charge is 2.20. The number of nitrogens with zero attached hydrogens (tertiary/aromatic N) is 3. The fourth-order valence-corrected chi connectivity index (χ4v) is 4.72. The number of carbonyl (C=O) groups excluding carboxylic acids is 1. The number of amides is 1. The molecule has 0 aliphatic heterocycles. The van der Waals surface area contributed by atoms with Gasteiger partial charge in [-0.25, -0.2) is 8.42 Å². The molecule has 0 saturated carbocycles. The van der Waals surface area contributed by atoms with Gasteiger partial charge in [0.25, 0.3) is 0 Å². The van der Waals surface area contributed by atoms with Crippen LogP contribution in [0.25, 0.3) is 10.9 Å². The van der Waals surface area contributed by atoms with E-state index < -0.39 is 9.84 Å². The molecule has 188 valence electrons. The second kappa shape index (κ2) is 9.39. The van der Waals surface area contributed by atoms with E-state index in [1.165, 1.54) is 12.3 Å². The Kier molecular flexibility index (Phi) is 6.62. The summed E-state index contributed by atoms with van der Waals surface area (Å²) in [5, 5.41) is 7.89. The Hall–Kier alpha value is -3.72. The molecule has 0 fully saturated rings. The van der Waals surface area contributed by atoms with E-state index in [1.807, 2.05) is 38.2 Å². The van der Waals surface area contributed by atoms with E-state index in [1.54, 1.807) is 29.1 Å². The fraction of sp³-hybridized carbons (Fsp3) is 0.296. The lowest BCUT2D eigenvalue weighted by atomic mass is 9.92. The molecule has 0 aliphatic rings. The maximum Gasteiger partial charge on any atom is 0.229 e. The summed E-state index contributed by atoms with van der Waals surface area (Å²) in [7, 11) is -1.50. The Morgan fingerprint density at radius 3 is 2.44 bits per heavy atom. The van der Waals surface area contributed by atoms with Crippen molar-refractivity contribution >= 4 is 32.5 Å². The third-order valence-electron chi connectivity index (χ3n) is 5.84. The number of benzene rings is 2. The zero-order valence-corrected chi connectivity index (χ0v) is 22.1. The van der Waals surface area contributed by atoms with Crippen molar-refractivity contribution in [3.63, 3.8) is 0 Å². The molecular formula is C27H30N4O4S. The molecule has 0 spiro atoms. The summed E-state index contributed by atoms with van der Waals surface area (Å²) in [6, 6.07) is 13.9. The van der Waals surface area contributed by atoms with Gasteiger partial charge in [-0.2, -0.15) is 5.10 Å². The average Bonchev–Trinajstić information content (AvgIpc) is 3.15. The van der Waals surface area contributed by atoms with Gasteiger partial charge in [-0.15, -0.1) is 0 Å². The Labute approximate surface area is 211 Å². The van der Waals surface area contributed by atoms with E-state index in [2.05, 4.69) is 36.2 Å². The first-order chi connectivity index (χ1) is 16.8. The van der Waals surface area contributed by atoms with E-state index in [4.69, 9.17) is 4.74 Å². The van der Waals surface area contributed by atoms with Crippen molar-refractivity contribution in [1.82, 2.24) is 14.8 Å². The van der Waals surface area contributed by atoms with Crippen molar-refractivity contribution in [2.75, 3.05) is 11.6 Å². The summed E-state index contributed by atoms with van der Waals surface area (Å²) in [5.74, 6) is 1.48. The third kappa shape index (κ3) is 5.57. The highest BCUT2D eigenvalue weighted by molar-refractivity contribution is 7.90. The molecule has 8 nitrogen and oxygen atoms in total. The van der Waals surface area contributed by atoms with E-state index in [-0.39, 0.29) is 22.6 Å². The molecule has 36 heavy (non-hydrogen) atoms. The van der Waals surface area contributed by atoms with Gasteiger partial charge in [0.1, 0.15) is 11.5 Å². The van der Waals surface area contributed by atoms with Crippen LogP contribution in [0.15, 0.2) is 59.6 Å². The molecule has 9 heteroatoms. The summed E-state index contributed by atoms with van der Waals surface area (Å²) < 4.78 is 31.9. The highest BCUT2D eigenvalue weighted by atomic mass is 32.2. The van der Waals surface area contributed by atoms with Gasteiger partial charge in [-0.05, 0) is 48.4 Å².